The summed E-state index contributed by atoms with van der Waals surface area (Å²) in [6.45, 7) is 0. The van der Waals surface area contributed by atoms with Crippen LogP contribution in [0.25, 0.3) is 11.4 Å². The van der Waals surface area contributed by atoms with Crippen molar-refractivity contribution in [3.05, 3.63) is 36.4 Å². The number of aromatic nitrogens is 3. The van der Waals surface area contributed by atoms with Crippen molar-refractivity contribution in [3.63, 3.8) is 0 Å². The van der Waals surface area contributed by atoms with Crippen LogP contribution in [0.3, 0.4) is 0 Å². The summed E-state index contributed by atoms with van der Waals surface area (Å²) in [7, 11) is 0. The second-order valence-electron chi connectivity index (χ2n) is 2.48. The molecule has 0 bridgehead atoms. The molecular formula is C8H5BrFN3. The number of hydrogen-bond acceptors (Lipinski definition) is 2. The van der Waals surface area contributed by atoms with Crippen molar-refractivity contribution < 1.29 is 4.39 Å². The fraction of sp³-hybridized carbons (Fsp3) is 0. The van der Waals surface area contributed by atoms with Gasteiger partial charge in [0.2, 0.25) is 0 Å². The minimum Gasteiger partial charge on any atom is -0.246 e. The molecule has 0 atom stereocenters. The standard InChI is InChI=1S/C8H5BrFN3/c9-13-5-11-12-8(13)6-2-1-3-7(10)4-6/h1-5H. The third-order valence-electron chi connectivity index (χ3n) is 1.59. The average Bonchev–Trinajstić information content (AvgIpc) is 2.51. The van der Waals surface area contributed by atoms with Crippen molar-refractivity contribution in [1.29, 1.82) is 0 Å². The highest BCUT2D eigenvalue weighted by Gasteiger charge is 2.05. The molecule has 0 aliphatic heterocycles. The number of hydrogen-bond donors (Lipinski definition) is 0. The van der Waals surface area contributed by atoms with E-state index >= 15 is 0 Å². The van der Waals surface area contributed by atoms with Crippen LogP contribution in [0.2, 0.25) is 0 Å². The van der Waals surface area contributed by atoms with E-state index < -0.39 is 0 Å². The summed E-state index contributed by atoms with van der Waals surface area (Å²) < 4.78 is 14.4. The van der Waals surface area contributed by atoms with Gasteiger partial charge in [-0.1, -0.05) is 12.1 Å². The molecule has 0 spiro atoms. The van der Waals surface area contributed by atoms with Crippen LogP contribution in [0, 0.1) is 5.82 Å². The second-order valence-corrected chi connectivity index (χ2v) is 3.24. The summed E-state index contributed by atoms with van der Waals surface area (Å²) in [5.74, 6) is 0.299. The predicted molar refractivity (Wildman–Crippen MR) is 49.7 cm³/mol. The molecule has 0 N–H and O–H groups in total. The molecule has 0 aliphatic rings. The molecule has 0 amide bonds. The molecule has 0 radical (unpaired) electrons. The summed E-state index contributed by atoms with van der Waals surface area (Å²) in [5.41, 5.74) is 0.689. The SMILES string of the molecule is Fc1cccc(-c2nncn2Br)c1. The van der Waals surface area contributed by atoms with Crippen LogP contribution in [0.4, 0.5) is 4.39 Å². The molecule has 0 aliphatic carbocycles. The van der Waals surface area contributed by atoms with Crippen molar-refractivity contribution >= 4 is 16.1 Å². The predicted octanol–water partition coefficient (Wildman–Crippen LogP) is 2.24. The lowest BCUT2D eigenvalue weighted by atomic mass is 10.2. The zero-order chi connectivity index (χ0) is 9.26. The molecular weight excluding hydrogens is 237 g/mol. The quantitative estimate of drug-likeness (QED) is 0.767. The molecule has 13 heavy (non-hydrogen) atoms. The first-order chi connectivity index (χ1) is 6.27. The Kier molecular flexibility index (Phi) is 2.10. The first-order valence-corrected chi connectivity index (χ1v) is 4.30. The smallest absolute Gasteiger partial charge is 0.174 e. The lowest BCUT2D eigenvalue weighted by molar-refractivity contribution is 0.628. The van der Waals surface area contributed by atoms with Crippen molar-refractivity contribution in [2.45, 2.75) is 0 Å². The Labute approximate surface area is 82.6 Å². The van der Waals surface area contributed by atoms with Gasteiger partial charge >= 0.3 is 0 Å². The van der Waals surface area contributed by atoms with Gasteiger partial charge in [-0.3, -0.25) is 0 Å². The zero-order valence-corrected chi connectivity index (χ0v) is 8.07. The molecule has 66 valence electrons. The summed E-state index contributed by atoms with van der Waals surface area (Å²) in [4.78, 5) is 0. The van der Waals surface area contributed by atoms with Crippen LogP contribution in [0.1, 0.15) is 0 Å². The Balaban J connectivity index is 2.53. The van der Waals surface area contributed by atoms with Crippen LogP contribution in [-0.4, -0.2) is 13.8 Å². The fourth-order valence-electron chi connectivity index (χ4n) is 1.03. The third kappa shape index (κ3) is 1.60. The molecule has 2 rings (SSSR count). The first-order valence-electron chi connectivity index (χ1n) is 3.59. The molecule has 0 fully saturated rings. The molecule has 1 aromatic carbocycles. The van der Waals surface area contributed by atoms with Crippen LogP contribution < -0.4 is 0 Å². The van der Waals surface area contributed by atoms with E-state index in [2.05, 4.69) is 26.3 Å². The topological polar surface area (TPSA) is 30.7 Å². The fourth-order valence-corrected chi connectivity index (χ4v) is 1.39. The summed E-state index contributed by atoms with van der Waals surface area (Å²) in [6.07, 6.45) is 1.50. The molecule has 1 heterocycles. The Morgan fingerprint density at radius 3 is 2.85 bits per heavy atom. The van der Waals surface area contributed by atoms with E-state index in [1.807, 2.05) is 0 Å². The Hall–Kier alpha value is -1.23. The van der Waals surface area contributed by atoms with Gasteiger partial charge in [0.1, 0.15) is 12.1 Å². The van der Waals surface area contributed by atoms with Crippen LogP contribution in [0.15, 0.2) is 30.6 Å². The molecule has 0 unspecified atom stereocenters. The highest BCUT2D eigenvalue weighted by Crippen LogP contribution is 2.18. The molecule has 2 aromatic rings. The highest BCUT2D eigenvalue weighted by atomic mass is 79.9. The van der Waals surface area contributed by atoms with Gasteiger partial charge in [0.05, 0.1) is 16.1 Å². The maximum Gasteiger partial charge on any atom is 0.174 e. The normalized spacial score (nSPS) is 10.3. The summed E-state index contributed by atoms with van der Waals surface area (Å²) in [5, 5.41) is 7.50. The zero-order valence-electron chi connectivity index (χ0n) is 6.48. The Morgan fingerprint density at radius 2 is 2.23 bits per heavy atom. The van der Waals surface area contributed by atoms with E-state index in [1.165, 1.54) is 18.5 Å². The van der Waals surface area contributed by atoms with Gasteiger partial charge in [-0.2, -0.15) is 0 Å². The molecule has 0 saturated carbocycles. The lowest BCUT2D eigenvalue weighted by Gasteiger charge is -1.97. The maximum absolute atomic E-state index is 12.8. The van der Waals surface area contributed by atoms with Gasteiger partial charge in [0.25, 0.3) is 0 Å². The summed E-state index contributed by atoms with van der Waals surface area (Å²) >= 11 is 3.20. The largest absolute Gasteiger partial charge is 0.246 e. The van der Waals surface area contributed by atoms with Crippen molar-refractivity contribution in [2.75, 3.05) is 0 Å². The Morgan fingerprint density at radius 1 is 1.38 bits per heavy atom. The van der Waals surface area contributed by atoms with Gasteiger partial charge in [-0.15, -0.1) is 10.2 Å². The Bertz CT molecular complexity index is 427. The van der Waals surface area contributed by atoms with Crippen LogP contribution in [0.5, 0.6) is 0 Å². The lowest BCUT2D eigenvalue weighted by Crippen LogP contribution is -1.86. The van der Waals surface area contributed by atoms with Gasteiger partial charge in [0, 0.05) is 5.56 Å². The van der Waals surface area contributed by atoms with Gasteiger partial charge in [0.15, 0.2) is 5.82 Å². The molecule has 1 aromatic heterocycles. The van der Waals surface area contributed by atoms with Crippen LogP contribution in [-0.2, 0) is 0 Å². The third-order valence-corrected chi connectivity index (χ3v) is 2.11. The first kappa shape index (κ1) is 8.37. The monoisotopic (exact) mass is 241 g/mol. The summed E-state index contributed by atoms with van der Waals surface area (Å²) in [6, 6.07) is 6.19. The number of nitrogens with zero attached hydrogens (tertiary/aromatic N) is 3. The van der Waals surface area contributed by atoms with Crippen molar-refractivity contribution in [3.8, 4) is 11.4 Å². The number of rotatable bonds is 1. The van der Waals surface area contributed by atoms with Gasteiger partial charge < -0.3 is 0 Å². The van der Waals surface area contributed by atoms with E-state index in [4.69, 9.17) is 0 Å². The van der Waals surface area contributed by atoms with Crippen LogP contribution >= 0.6 is 16.1 Å². The van der Waals surface area contributed by atoms with E-state index in [1.54, 1.807) is 15.7 Å². The minimum absolute atomic E-state index is 0.284. The minimum atomic E-state index is -0.284. The molecule has 0 saturated heterocycles. The highest BCUT2D eigenvalue weighted by molar-refractivity contribution is 9.08. The average molecular weight is 242 g/mol. The van der Waals surface area contributed by atoms with E-state index in [0.29, 0.717) is 11.4 Å². The van der Waals surface area contributed by atoms with Gasteiger partial charge in [-0.05, 0) is 12.1 Å². The number of benzene rings is 1. The van der Waals surface area contributed by atoms with E-state index in [9.17, 15) is 4.39 Å². The number of halogens is 2. The molecule has 5 heteroatoms. The van der Waals surface area contributed by atoms with Gasteiger partial charge in [-0.25, -0.2) is 7.98 Å². The molecule has 3 nitrogen and oxygen atoms in total. The maximum atomic E-state index is 12.8. The van der Waals surface area contributed by atoms with E-state index in [0.717, 1.165) is 0 Å². The second kappa shape index (κ2) is 3.26. The van der Waals surface area contributed by atoms with E-state index in [-0.39, 0.29) is 5.82 Å². The van der Waals surface area contributed by atoms with Crippen molar-refractivity contribution in [2.24, 2.45) is 0 Å². The van der Waals surface area contributed by atoms with Crippen molar-refractivity contribution in [1.82, 2.24) is 13.8 Å².